The number of nitrogens with zero attached hydrogens (tertiary/aromatic N) is 1. The van der Waals surface area contributed by atoms with Gasteiger partial charge in [-0.3, -0.25) is 4.98 Å². The Bertz CT molecular complexity index is 506. The maximum absolute atomic E-state index is 9.31. The lowest BCUT2D eigenvalue weighted by Crippen LogP contribution is -2.02. The summed E-state index contributed by atoms with van der Waals surface area (Å²) in [6, 6.07) is 9.35. The Kier molecular flexibility index (Phi) is 3.28. The summed E-state index contributed by atoms with van der Waals surface area (Å²) >= 11 is 0. The molecule has 17 heavy (non-hydrogen) atoms. The average Bonchev–Trinajstić information content (AvgIpc) is 2.30. The maximum atomic E-state index is 9.31. The molecule has 0 unspecified atom stereocenters. The van der Waals surface area contributed by atoms with Gasteiger partial charge in [-0.2, -0.15) is 0 Å². The topological polar surface area (TPSA) is 45.1 Å². The van der Waals surface area contributed by atoms with Crippen molar-refractivity contribution in [3.8, 4) is 5.75 Å². The maximum Gasteiger partial charge on any atom is 0.115 e. The first kappa shape index (κ1) is 11.5. The third-order valence-corrected chi connectivity index (χ3v) is 2.64. The molecule has 1 heterocycles. The minimum absolute atomic E-state index is 0.293. The number of benzene rings is 1. The Morgan fingerprint density at radius 2 is 2.00 bits per heavy atom. The van der Waals surface area contributed by atoms with Gasteiger partial charge in [0.15, 0.2) is 0 Å². The van der Waals surface area contributed by atoms with Crippen molar-refractivity contribution < 1.29 is 5.11 Å². The summed E-state index contributed by atoms with van der Waals surface area (Å²) in [5.41, 5.74) is 4.21. The second-order valence-electron chi connectivity index (χ2n) is 4.18. The van der Waals surface area contributed by atoms with Gasteiger partial charge in [-0.05, 0) is 49.2 Å². The minimum Gasteiger partial charge on any atom is -0.508 e. The molecule has 0 aliphatic rings. The van der Waals surface area contributed by atoms with Gasteiger partial charge in [0.1, 0.15) is 5.75 Å². The van der Waals surface area contributed by atoms with Crippen molar-refractivity contribution in [3.63, 3.8) is 0 Å². The lowest BCUT2D eigenvalue weighted by atomic mass is 10.2. The van der Waals surface area contributed by atoms with Crippen LogP contribution in [0.3, 0.4) is 0 Å². The zero-order valence-electron chi connectivity index (χ0n) is 10.1. The Morgan fingerprint density at radius 3 is 2.65 bits per heavy atom. The fourth-order valence-electron chi connectivity index (χ4n) is 1.63. The number of hydrogen-bond donors (Lipinski definition) is 2. The van der Waals surface area contributed by atoms with Crippen LogP contribution in [0, 0.1) is 13.8 Å². The van der Waals surface area contributed by atoms with E-state index in [1.54, 1.807) is 12.1 Å². The van der Waals surface area contributed by atoms with Crippen LogP contribution in [0.15, 0.2) is 36.5 Å². The first-order valence-electron chi connectivity index (χ1n) is 5.60. The molecule has 0 amide bonds. The highest BCUT2D eigenvalue weighted by Crippen LogP contribution is 2.20. The van der Waals surface area contributed by atoms with Crippen LogP contribution in [0.25, 0.3) is 0 Å². The predicted molar refractivity (Wildman–Crippen MR) is 69.1 cm³/mol. The van der Waals surface area contributed by atoms with E-state index in [1.165, 1.54) is 0 Å². The van der Waals surface area contributed by atoms with E-state index in [2.05, 4.69) is 10.3 Å². The first-order valence-corrected chi connectivity index (χ1v) is 5.60. The van der Waals surface area contributed by atoms with E-state index in [0.717, 1.165) is 22.5 Å². The van der Waals surface area contributed by atoms with Crippen molar-refractivity contribution in [3.05, 3.63) is 53.3 Å². The van der Waals surface area contributed by atoms with E-state index in [9.17, 15) is 5.11 Å². The van der Waals surface area contributed by atoms with Crippen LogP contribution in [0.5, 0.6) is 5.75 Å². The third kappa shape index (κ3) is 2.97. The monoisotopic (exact) mass is 228 g/mol. The molecule has 2 aromatic rings. The number of hydrogen-bond acceptors (Lipinski definition) is 3. The number of pyridine rings is 1. The van der Waals surface area contributed by atoms with Gasteiger partial charge in [0.05, 0.1) is 12.2 Å². The lowest BCUT2D eigenvalue weighted by molar-refractivity contribution is 0.475. The Hall–Kier alpha value is -2.03. The Morgan fingerprint density at radius 1 is 1.18 bits per heavy atom. The van der Waals surface area contributed by atoms with Crippen molar-refractivity contribution in [1.82, 2.24) is 4.98 Å². The average molecular weight is 228 g/mol. The summed E-state index contributed by atoms with van der Waals surface area (Å²) < 4.78 is 0. The molecule has 0 saturated carbocycles. The zero-order chi connectivity index (χ0) is 12.3. The Balaban J connectivity index is 2.04. The molecule has 1 aromatic heterocycles. The van der Waals surface area contributed by atoms with Gasteiger partial charge in [0.25, 0.3) is 0 Å². The number of aromatic hydroxyl groups is 1. The molecule has 0 atom stereocenters. The number of aryl methyl sites for hydroxylation is 2. The molecule has 88 valence electrons. The summed E-state index contributed by atoms with van der Waals surface area (Å²) in [6.07, 6.45) is 1.86. The van der Waals surface area contributed by atoms with Crippen LogP contribution in [-0.4, -0.2) is 10.1 Å². The summed E-state index contributed by atoms with van der Waals surface area (Å²) in [6.45, 7) is 4.67. The quantitative estimate of drug-likeness (QED) is 0.794. The van der Waals surface area contributed by atoms with Crippen LogP contribution in [0.1, 0.15) is 16.8 Å². The van der Waals surface area contributed by atoms with Gasteiger partial charge < -0.3 is 10.4 Å². The van der Waals surface area contributed by atoms with E-state index in [0.29, 0.717) is 12.3 Å². The summed E-state index contributed by atoms with van der Waals surface area (Å²) in [4.78, 5) is 4.33. The molecule has 2 rings (SSSR count). The highest BCUT2D eigenvalue weighted by Gasteiger charge is 1.99. The van der Waals surface area contributed by atoms with Crippen molar-refractivity contribution in [2.45, 2.75) is 20.4 Å². The number of rotatable bonds is 3. The SMILES string of the molecule is Cc1ccc(CNc2ccc(O)cc2C)nc1. The van der Waals surface area contributed by atoms with Gasteiger partial charge in [0.2, 0.25) is 0 Å². The molecule has 0 aliphatic carbocycles. The highest BCUT2D eigenvalue weighted by atomic mass is 16.3. The van der Waals surface area contributed by atoms with Crippen molar-refractivity contribution in [1.29, 1.82) is 0 Å². The molecule has 1 aromatic carbocycles. The van der Waals surface area contributed by atoms with Crippen molar-refractivity contribution >= 4 is 5.69 Å². The van der Waals surface area contributed by atoms with E-state index in [-0.39, 0.29) is 0 Å². The van der Waals surface area contributed by atoms with Crippen LogP contribution in [-0.2, 0) is 6.54 Å². The molecular weight excluding hydrogens is 212 g/mol. The van der Waals surface area contributed by atoms with Crippen molar-refractivity contribution in [2.75, 3.05) is 5.32 Å². The minimum atomic E-state index is 0.293. The molecule has 3 heteroatoms. The lowest BCUT2D eigenvalue weighted by Gasteiger charge is -2.09. The highest BCUT2D eigenvalue weighted by molar-refractivity contribution is 5.53. The first-order chi connectivity index (χ1) is 8.15. The summed E-state index contributed by atoms with van der Waals surface area (Å²) in [7, 11) is 0. The summed E-state index contributed by atoms with van der Waals surface area (Å²) in [5.74, 6) is 0.293. The number of nitrogens with one attached hydrogen (secondary N) is 1. The Labute approximate surface area is 101 Å². The molecule has 0 spiro atoms. The van der Waals surface area contributed by atoms with Crippen molar-refractivity contribution in [2.24, 2.45) is 0 Å². The van der Waals surface area contributed by atoms with Crippen LogP contribution < -0.4 is 5.32 Å². The van der Waals surface area contributed by atoms with Gasteiger partial charge in [0, 0.05) is 11.9 Å². The fraction of sp³-hybridized carbons (Fsp3) is 0.214. The largest absolute Gasteiger partial charge is 0.508 e. The fourth-order valence-corrected chi connectivity index (χ4v) is 1.63. The van der Waals surface area contributed by atoms with Gasteiger partial charge in [-0.15, -0.1) is 0 Å². The normalized spacial score (nSPS) is 10.2. The molecule has 0 saturated heterocycles. The number of phenolic OH excluding ortho intramolecular Hbond substituents is 1. The van der Waals surface area contributed by atoms with Gasteiger partial charge >= 0.3 is 0 Å². The smallest absolute Gasteiger partial charge is 0.115 e. The second kappa shape index (κ2) is 4.87. The zero-order valence-corrected chi connectivity index (χ0v) is 10.1. The molecular formula is C14H16N2O. The van der Waals surface area contributed by atoms with Gasteiger partial charge in [-0.25, -0.2) is 0 Å². The molecule has 2 N–H and O–H groups in total. The van der Waals surface area contributed by atoms with Crippen LogP contribution >= 0.6 is 0 Å². The third-order valence-electron chi connectivity index (χ3n) is 2.64. The summed E-state index contributed by atoms with van der Waals surface area (Å²) in [5, 5.41) is 12.6. The van der Waals surface area contributed by atoms with Crippen LogP contribution in [0.4, 0.5) is 5.69 Å². The number of phenols is 1. The molecule has 0 fully saturated rings. The molecule has 0 aliphatic heterocycles. The standard InChI is InChI=1S/C14H16N2O/c1-10-3-4-12(15-8-10)9-16-14-6-5-13(17)7-11(14)2/h3-8,16-17H,9H2,1-2H3. The molecule has 0 radical (unpaired) electrons. The number of aromatic nitrogens is 1. The van der Waals surface area contributed by atoms with E-state index < -0.39 is 0 Å². The van der Waals surface area contributed by atoms with E-state index >= 15 is 0 Å². The van der Waals surface area contributed by atoms with Crippen LogP contribution in [0.2, 0.25) is 0 Å². The number of anilines is 1. The second-order valence-corrected chi connectivity index (χ2v) is 4.18. The predicted octanol–water partition coefficient (Wildman–Crippen LogP) is 3.02. The molecule has 0 bridgehead atoms. The van der Waals surface area contributed by atoms with E-state index in [4.69, 9.17) is 0 Å². The van der Waals surface area contributed by atoms with Gasteiger partial charge in [-0.1, -0.05) is 6.07 Å². The van der Waals surface area contributed by atoms with E-state index in [1.807, 2.05) is 38.2 Å². The molecule has 3 nitrogen and oxygen atoms in total.